The second-order valence-corrected chi connectivity index (χ2v) is 8.68. The Kier molecular flexibility index (Phi) is 9.97. The normalized spacial score (nSPS) is 24.7. The number of piperidine rings is 1. The molecule has 2 aliphatic heterocycles. The number of benzene rings is 2. The zero-order valence-corrected chi connectivity index (χ0v) is 21.7. The standard InChI is InChI=1S/C24H31FN2O3.2BrH/c1-26-14-24(15-30-13-20-21(24)8-9-22(28)23(20)29)17-10-11-27-19(12-17)7-4-16-2-5-18(25)6-3-16;;/h2-3,5-6,8-9,17,19,26-29H,4,7,10-15H2,1H3;2*1H. The van der Waals surface area contributed by atoms with Gasteiger partial charge in [0.15, 0.2) is 11.5 Å². The Morgan fingerprint density at radius 2 is 1.91 bits per heavy atom. The van der Waals surface area contributed by atoms with Crippen LogP contribution in [0.15, 0.2) is 36.4 Å². The first-order chi connectivity index (χ1) is 14.5. The van der Waals surface area contributed by atoms with E-state index in [1.165, 1.54) is 12.1 Å². The molecule has 8 heteroatoms. The number of nitrogens with one attached hydrogen (secondary N) is 2. The summed E-state index contributed by atoms with van der Waals surface area (Å²) in [6, 6.07) is 10.7. The molecule has 0 aliphatic carbocycles. The predicted molar refractivity (Wildman–Crippen MR) is 135 cm³/mol. The Balaban J connectivity index is 0.00000181. The molecule has 0 saturated carbocycles. The number of likely N-dealkylation sites (N-methyl/N-ethyl adjacent to an activating group) is 1. The molecule has 1 fully saturated rings. The molecule has 3 atom stereocenters. The summed E-state index contributed by atoms with van der Waals surface area (Å²) in [5.41, 5.74) is 2.70. The molecule has 5 nitrogen and oxygen atoms in total. The number of phenolic OH excluding ortho intramolecular Hbond substituents is 2. The topological polar surface area (TPSA) is 73.8 Å². The van der Waals surface area contributed by atoms with Crippen molar-refractivity contribution in [1.82, 2.24) is 10.6 Å². The van der Waals surface area contributed by atoms with Crippen molar-refractivity contribution in [2.45, 2.75) is 43.7 Å². The summed E-state index contributed by atoms with van der Waals surface area (Å²) >= 11 is 0. The molecule has 178 valence electrons. The minimum Gasteiger partial charge on any atom is -0.504 e. The third-order valence-corrected chi connectivity index (χ3v) is 6.87. The maximum Gasteiger partial charge on any atom is 0.163 e. The summed E-state index contributed by atoms with van der Waals surface area (Å²) in [5, 5.41) is 27.4. The van der Waals surface area contributed by atoms with E-state index in [0.29, 0.717) is 30.7 Å². The molecular formula is C24H33Br2FN2O3. The fourth-order valence-corrected chi connectivity index (χ4v) is 5.31. The monoisotopic (exact) mass is 574 g/mol. The number of aryl methyl sites for hydroxylation is 1. The molecule has 0 spiro atoms. The Bertz CT molecular complexity index is 884. The van der Waals surface area contributed by atoms with Crippen LogP contribution in [-0.2, 0) is 23.2 Å². The third-order valence-electron chi connectivity index (χ3n) is 6.87. The zero-order chi connectivity index (χ0) is 21.1. The van der Waals surface area contributed by atoms with Gasteiger partial charge in [-0.3, -0.25) is 0 Å². The van der Waals surface area contributed by atoms with Crippen LogP contribution in [0.4, 0.5) is 4.39 Å². The lowest BCUT2D eigenvalue weighted by molar-refractivity contribution is 0.0112. The van der Waals surface area contributed by atoms with Crippen molar-refractivity contribution < 1.29 is 19.3 Å². The van der Waals surface area contributed by atoms with Crippen LogP contribution < -0.4 is 10.6 Å². The molecule has 2 aromatic carbocycles. The lowest BCUT2D eigenvalue weighted by Gasteiger charge is -2.48. The van der Waals surface area contributed by atoms with Gasteiger partial charge in [0.2, 0.25) is 0 Å². The van der Waals surface area contributed by atoms with Crippen LogP contribution in [0.1, 0.15) is 36.0 Å². The number of aromatic hydroxyl groups is 2. The van der Waals surface area contributed by atoms with Crippen molar-refractivity contribution in [2.24, 2.45) is 5.92 Å². The maximum absolute atomic E-state index is 13.2. The summed E-state index contributed by atoms with van der Waals surface area (Å²) in [6.07, 6.45) is 3.93. The molecule has 4 rings (SSSR count). The van der Waals surface area contributed by atoms with Crippen molar-refractivity contribution in [3.8, 4) is 11.5 Å². The molecule has 1 saturated heterocycles. The van der Waals surface area contributed by atoms with Crippen LogP contribution in [-0.4, -0.2) is 43.0 Å². The highest BCUT2D eigenvalue weighted by Crippen LogP contribution is 2.47. The predicted octanol–water partition coefficient (Wildman–Crippen LogP) is 4.38. The van der Waals surface area contributed by atoms with Crippen LogP contribution in [0.3, 0.4) is 0 Å². The van der Waals surface area contributed by atoms with E-state index in [0.717, 1.165) is 49.9 Å². The second kappa shape index (κ2) is 11.8. The minimum atomic E-state index is -0.246. The van der Waals surface area contributed by atoms with Crippen molar-refractivity contribution >= 4 is 34.0 Å². The van der Waals surface area contributed by atoms with Gasteiger partial charge in [-0.2, -0.15) is 0 Å². The van der Waals surface area contributed by atoms with E-state index < -0.39 is 0 Å². The number of hydrogen-bond acceptors (Lipinski definition) is 5. The van der Waals surface area contributed by atoms with Gasteiger partial charge < -0.3 is 25.6 Å². The summed E-state index contributed by atoms with van der Waals surface area (Å²) in [7, 11) is 1.95. The van der Waals surface area contributed by atoms with Crippen LogP contribution in [0.25, 0.3) is 0 Å². The average molecular weight is 576 g/mol. The van der Waals surface area contributed by atoms with Gasteiger partial charge in [0.1, 0.15) is 5.82 Å². The van der Waals surface area contributed by atoms with Gasteiger partial charge in [0.05, 0.1) is 13.2 Å². The van der Waals surface area contributed by atoms with E-state index in [4.69, 9.17) is 4.74 Å². The molecule has 0 radical (unpaired) electrons. The number of hydrogen-bond donors (Lipinski definition) is 4. The quantitative estimate of drug-likeness (QED) is 0.385. The van der Waals surface area contributed by atoms with Crippen molar-refractivity contribution in [2.75, 3.05) is 26.7 Å². The lowest BCUT2D eigenvalue weighted by atomic mass is 9.64. The van der Waals surface area contributed by atoms with Crippen molar-refractivity contribution in [3.05, 3.63) is 58.9 Å². The minimum absolute atomic E-state index is 0. The molecule has 0 aromatic heterocycles. The Labute approximate surface area is 210 Å². The summed E-state index contributed by atoms with van der Waals surface area (Å²) in [4.78, 5) is 0. The highest BCUT2D eigenvalue weighted by molar-refractivity contribution is 8.93. The first-order valence-electron chi connectivity index (χ1n) is 10.8. The molecule has 2 aromatic rings. The van der Waals surface area contributed by atoms with Crippen LogP contribution in [0.5, 0.6) is 11.5 Å². The Morgan fingerprint density at radius 3 is 2.62 bits per heavy atom. The smallest absolute Gasteiger partial charge is 0.163 e. The first kappa shape index (κ1) is 27.1. The van der Waals surface area contributed by atoms with Crippen LogP contribution >= 0.6 is 34.0 Å². The largest absolute Gasteiger partial charge is 0.504 e. The van der Waals surface area contributed by atoms with E-state index in [-0.39, 0.29) is 56.7 Å². The highest BCUT2D eigenvalue weighted by atomic mass is 79.9. The molecule has 2 aliphatic rings. The number of halogens is 3. The number of phenols is 2. The van der Waals surface area contributed by atoms with E-state index in [1.807, 2.05) is 25.2 Å². The molecular weight excluding hydrogens is 543 g/mol. The number of rotatable bonds is 6. The summed E-state index contributed by atoms with van der Waals surface area (Å²) in [5.74, 6) is 0.0239. The first-order valence-corrected chi connectivity index (χ1v) is 10.8. The van der Waals surface area contributed by atoms with Gasteiger partial charge in [-0.1, -0.05) is 18.2 Å². The SMILES string of the molecule is Br.Br.CNCC1(C2CCNC(CCc3ccc(F)cc3)C2)COCc2c1ccc(O)c2O. The molecule has 2 heterocycles. The molecule has 0 bridgehead atoms. The van der Waals surface area contributed by atoms with Crippen molar-refractivity contribution in [1.29, 1.82) is 0 Å². The van der Waals surface area contributed by atoms with Crippen LogP contribution in [0.2, 0.25) is 0 Å². The van der Waals surface area contributed by atoms with Crippen LogP contribution in [0, 0.1) is 11.7 Å². The molecule has 32 heavy (non-hydrogen) atoms. The maximum atomic E-state index is 13.2. The van der Waals surface area contributed by atoms with E-state index in [1.54, 1.807) is 6.07 Å². The average Bonchev–Trinajstić information content (AvgIpc) is 2.76. The van der Waals surface area contributed by atoms with E-state index in [9.17, 15) is 14.6 Å². The van der Waals surface area contributed by atoms with Gasteiger partial charge in [0.25, 0.3) is 0 Å². The number of ether oxygens (including phenoxy) is 1. The third kappa shape index (κ3) is 5.47. The van der Waals surface area contributed by atoms with Gasteiger partial charge in [0, 0.05) is 23.6 Å². The fourth-order valence-electron chi connectivity index (χ4n) is 5.31. The fraction of sp³-hybridized carbons (Fsp3) is 0.500. The molecule has 4 N–H and O–H groups in total. The van der Waals surface area contributed by atoms with E-state index in [2.05, 4.69) is 10.6 Å². The van der Waals surface area contributed by atoms with Gasteiger partial charge in [-0.05, 0) is 74.5 Å². The molecule has 0 amide bonds. The zero-order valence-electron chi connectivity index (χ0n) is 18.3. The van der Waals surface area contributed by atoms with Gasteiger partial charge in [-0.15, -0.1) is 34.0 Å². The van der Waals surface area contributed by atoms with E-state index >= 15 is 0 Å². The lowest BCUT2D eigenvalue weighted by Crippen LogP contribution is -2.54. The Hall–Kier alpha value is -1.19. The van der Waals surface area contributed by atoms with Crippen molar-refractivity contribution in [3.63, 3.8) is 0 Å². The van der Waals surface area contributed by atoms with Gasteiger partial charge in [-0.25, -0.2) is 4.39 Å². The molecule has 3 unspecified atom stereocenters. The summed E-state index contributed by atoms with van der Waals surface area (Å²) in [6.45, 7) is 2.60. The highest BCUT2D eigenvalue weighted by Gasteiger charge is 2.46. The second-order valence-electron chi connectivity index (χ2n) is 8.68. The Morgan fingerprint density at radius 1 is 1.16 bits per heavy atom. The number of fused-ring (bicyclic) bond motifs is 1. The van der Waals surface area contributed by atoms with Gasteiger partial charge >= 0.3 is 0 Å². The summed E-state index contributed by atoms with van der Waals surface area (Å²) < 4.78 is 19.1.